The van der Waals surface area contributed by atoms with Gasteiger partial charge in [0.05, 0.1) is 36.3 Å². The lowest BCUT2D eigenvalue weighted by molar-refractivity contribution is -0.120. The van der Waals surface area contributed by atoms with E-state index in [1.54, 1.807) is 84.9 Å². The summed E-state index contributed by atoms with van der Waals surface area (Å²) in [5.74, 6) is -1.24. The number of sulfonamides is 2. The molecule has 3 aromatic carbocycles. The monoisotopic (exact) mass is 584 g/mol. The maximum atomic E-state index is 12.3. The second-order valence-corrected chi connectivity index (χ2v) is 12.3. The fraction of sp³-hybridized carbons (Fsp3) is 0.154. The predicted octanol–water partition coefficient (Wildman–Crippen LogP) is 1.52. The second-order valence-electron chi connectivity index (χ2n) is 8.46. The minimum Gasteiger partial charge on any atom is -0.271 e. The van der Waals surface area contributed by atoms with Crippen molar-refractivity contribution in [3.05, 3.63) is 96.1 Å². The molecule has 0 aliphatic rings. The van der Waals surface area contributed by atoms with E-state index in [1.807, 2.05) is 0 Å². The molecule has 2 N–H and O–H groups in total. The van der Waals surface area contributed by atoms with Crippen molar-refractivity contribution in [1.82, 2.24) is 10.9 Å². The number of hydrogen-bond donors (Lipinski definition) is 2. The average Bonchev–Trinajstić information content (AvgIpc) is 2.91. The van der Waals surface area contributed by atoms with Crippen LogP contribution in [0.15, 0.2) is 95.1 Å². The van der Waals surface area contributed by atoms with Crippen molar-refractivity contribution in [1.29, 1.82) is 0 Å². The molecule has 0 bridgehead atoms. The number of amides is 2. The van der Waals surface area contributed by atoms with Crippen LogP contribution in [0.3, 0.4) is 0 Å². The van der Waals surface area contributed by atoms with Gasteiger partial charge in [0.15, 0.2) is 0 Å². The summed E-state index contributed by atoms with van der Waals surface area (Å²) in [6.45, 7) is -0.872. The molecule has 12 nitrogen and oxygen atoms in total. The second kappa shape index (κ2) is 13.5. The highest BCUT2D eigenvalue weighted by atomic mass is 32.2. The minimum absolute atomic E-state index is 0.362. The van der Waals surface area contributed by atoms with Crippen molar-refractivity contribution in [3.63, 3.8) is 0 Å². The summed E-state index contributed by atoms with van der Waals surface area (Å²) in [6, 6.07) is 23.3. The van der Waals surface area contributed by atoms with Crippen LogP contribution in [0.1, 0.15) is 11.1 Å². The van der Waals surface area contributed by atoms with E-state index >= 15 is 0 Å². The van der Waals surface area contributed by atoms with E-state index in [1.165, 1.54) is 12.4 Å². The average molecular weight is 585 g/mol. The summed E-state index contributed by atoms with van der Waals surface area (Å²) in [7, 11) is -7.36. The number of carbonyl (C=O) groups excluding carboxylic acids is 2. The number of nitrogens with zero attached hydrogens (tertiary/aromatic N) is 4. The lowest BCUT2D eigenvalue weighted by Gasteiger charge is -2.21. The first-order chi connectivity index (χ1) is 18.9. The molecular formula is C26H28N6O6S2. The Balaban J connectivity index is 1.52. The van der Waals surface area contributed by atoms with Crippen LogP contribution in [-0.2, 0) is 29.6 Å². The van der Waals surface area contributed by atoms with Gasteiger partial charge in [-0.1, -0.05) is 60.7 Å². The normalized spacial score (nSPS) is 11.8. The number of nitrogens with one attached hydrogen (secondary N) is 2. The van der Waals surface area contributed by atoms with Crippen LogP contribution in [0.2, 0.25) is 0 Å². The Morgan fingerprint density at radius 1 is 0.625 bits per heavy atom. The first kappa shape index (κ1) is 30.0. The molecule has 0 aliphatic heterocycles. The van der Waals surface area contributed by atoms with E-state index in [-0.39, 0.29) is 0 Å². The number of hydrazone groups is 2. The van der Waals surface area contributed by atoms with E-state index in [2.05, 4.69) is 21.1 Å². The number of hydrogen-bond acceptors (Lipinski definition) is 8. The Hall–Kier alpha value is -4.56. The van der Waals surface area contributed by atoms with Crippen molar-refractivity contribution < 1.29 is 26.4 Å². The summed E-state index contributed by atoms with van der Waals surface area (Å²) >= 11 is 0. The SMILES string of the molecule is CS(=O)(=O)N(CC(=O)N/N=C\c1ccc(/C=N\NC(=O)CN(c2ccccc2)S(C)(=O)=O)cc1)c1ccccc1. The van der Waals surface area contributed by atoms with E-state index in [0.717, 1.165) is 21.1 Å². The van der Waals surface area contributed by atoms with Crippen LogP contribution < -0.4 is 19.5 Å². The molecule has 0 aliphatic carbocycles. The molecular weight excluding hydrogens is 556 g/mol. The van der Waals surface area contributed by atoms with Crippen molar-refractivity contribution in [2.45, 2.75) is 0 Å². The third kappa shape index (κ3) is 9.32. The van der Waals surface area contributed by atoms with E-state index in [9.17, 15) is 26.4 Å². The molecule has 210 valence electrons. The Morgan fingerprint density at radius 2 is 0.950 bits per heavy atom. The molecule has 0 spiro atoms. The third-order valence-corrected chi connectivity index (χ3v) is 7.49. The van der Waals surface area contributed by atoms with Crippen molar-refractivity contribution in [2.75, 3.05) is 34.2 Å². The quantitative estimate of drug-likeness (QED) is 0.243. The fourth-order valence-corrected chi connectivity index (χ4v) is 5.06. The Kier molecular flexibility index (Phi) is 10.1. The third-order valence-electron chi connectivity index (χ3n) is 5.21. The standard InChI is InChI=1S/C26H28N6O6S2/c1-39(35,36)31(23-9-5-3-6-10-23)19-25(33)29-27-17-21-13-15-22(16-14-21)18-28-30-26(34)20-32(40(2,37)38)24-11-7-4-8-12-24/h3-18H,19-20H2,1-2H3,(H,29,33)(H,30,34)/b27-17-,28-18-. The zero-order chi connectivity index (χ0) is 29.2. The first-order valence-corrected chi connectivity index (χ1v) is 15.4. The van der Waals surface area contributed by atoms with Gasteiger partial charge in [-0.25, -0.2) is 27.7 Å². The minimum atomic E-state index is -3.68. The van der Waals surface area contributed by atoms with Crippen LogP contribution in [0, 0.1) is 0 Å². The zero-order valence-electron chi connectivity index (χ0n) is 21.7. The molecule has 0 radical (unpaired) electrons. The Labute approximate surface area is 233 Å². The highest BCUT2D eigenvalue weighted by molar-refractivity contribution is 7.92. The molecule has 0 saturated heterocycles. The van der Waals surface area contributed by atoms with Gasteiger partial charge in [0.1, 0.15) is 13.1 Å². The molecule has 14 heteroatoms. The lowest BCUT2D eigenvalue weighted by atomic mass is 10.2. The van der Waals surface area contributed by atoms with Gasteiger partial charge >= 0.3 is 0 Å². The molecule has 0 fully saturated rings. The van der Waals surface area contributed by atoms with Crippen LogP contribution in [-0.4, -0.2) is 66.7 Å². The molecule has 3 aromatic rings. The molecule has 0 atom stereocenters. The van der Waals surface area contributed by atoms with Gasteiger partial charge < -0.3 is 0 Å². The highest BCUT2D eigenvalue weighted by Gasteiger charge is 2.21. The molecule has 0 aromatic heterocycles. The maximum absolute atomic E-state index is 12.3. The predicted molar refractivity (Wildman–Crippen MR) is 155 cm³/mol. The highest BCUT2D eigenvalue weighted by Crippen LogP contribution is 2.17. The van der Waals surface area contributed by atoms with Crippen molar-refractivity contribution in [3.8, 4) is 0 Å². The Bertz CT molecular complexity index is 1460. The lowest BCUT2D eigenvalue weighted by Crippen LogP contribution is -2.39. The number of rotatable bonds is 12. The van der Waals surface area contributed by atoms with Crippen LogP contribution >= 0.6 is 0 Å². The smallest absolute Gasteiger partial charge is 0.260 e. The van der Waals surface area contributed by atoms with Crippen LogP contribution in [0.25, 0.3) is 0 Å². The summed E-state index contributed by atoms with van der Waals surface area (Å²) in [5.41, 5.74) is 6.61. The number of anilines is 2. The molecule has 3 rings (SSSR count). The molecule has 0 unspecified atom stereocenters. The molecule has 40 heavy (non-hydrogen) atoms. The Morgan fingerprint density at radius 3 is 1.25 bits per heavy atom. The fourth-order valence-electron chi connectivity index (χ4n) is 3.35. The van der Waals surface area contributed by atoms with Crippen LogP contribution in [0.4, 0.5) is 11.4 Å². The summed E-state index contributed by atoms with van der Waals surface area (Å²) < 4.78 is 50.4. The van der Waals surface area contributed by atoms with Crippen molar-refractivity contribution >= 4 is 55.7 Å². The number of para-hydroxylation sites is 2. The van der Waals surface area contributed by atoms with Crippen LogP contribution in [0.5, 0.6) is 0 Å². The molecule has 0 saturated carbocycles. The topological polar surface area (TPSA) is 158 Å². The molecule has 0 heterocycles. The summed E-state index contributed by atoms with van der Waals surface area (Å²) in [5, 5.41) is 7.73. The van der Waals surface area contributed by atoms with Gasteiger partial charge in [-0.2, -0.15) is 10.2 Å². The van der Waals surface area contributed by atoms with E-state index in [0.29, 0.717) is 22.5 Å². The largest absolute Gasteiger partial charge is 0.271 e. The number of benzene rings is 3. The van der Waals surface area contributed by atoms with E-state index in [4.69, 9.17) is 0 Å². The van der Waals surface area contributed by atoms with Gasteiger partial charge in [0, 0.05) is 0 Å². The van der Waals surface area contributed by atoms with Gasteiger partial charge in [-0.3, -0.25) is 18.2 Å². The summed E-state index contributed by atoms with van der Waals surface area (Å²) in [6.07, 6.45) is 4.80. The zero-order valence-corrected chi connectivity index (χ0v) is 23.3. The van der Waals surface area contributed by atoms with Gasteiger partial charge in [-0.05, 0) is 35.4 Å². The van der Waals surface area contributed by atoms with Gasteiger partial charge in [0.2, 0.25) is 20.0 Å². The summed E-state index contributed by atoms with van der Waals surface area (Å²) in [4.78, 5) is 24.5. The van der Waals surface area contributed by atoms with E-state index < -0.39 is 45.0 Å². The van der Waals surface area contributed by atoms with Gasteiger partial charge in [0.25, 0.3) is 11.8 Å². The molecule has 2 amide bonds. The van der Waals surface area contributed by atoms with Crippen molar-refractivity contribution in [2.24, 2.45) is 10.2 Å². The maximum Gasteiger partial charge on any atom is 0.260 e. The van der Waals surface area contributed by atoms with Gasteiger partial charge in [-0.15, -0.1) is 0 Å². The number of carbonyl (C=O) groups is 2. The first-order valence-electron chi connectivity index (χ1n) is 11.7.